The highest BCUT2D eigenvalue weighted by Gasteiger charge is 2.34. The second kappa shape index (κ2) is 4.40. The minimum Gasteiger partial charge on any atom is -0.468 e. The number of esters is 1. The van der Waals surface area contributed by atoms with Crippen molar-refractivity contribution in [2.24, 2.45) is 11.8 Å². The zero-order valence-corrected chi connectivity index (χ0v) is 8.21. The first-order valence-corrected chi connectivity index (χ1v) is 4.75. The molecule has 0 aromatic rings. The molecular weight excluding hydrogens is 168 g/mol. The Morgan fingerprint density at radius 1 is 1.31 bits per heavy atom. The molecule has 0 amide bonds. The van der Waals surface area contributed by atoms with Crippen LogP contribution in [0.25, 0.3) is 0 Å². The van der Waals surface area contributed by atoms with Crippen molar-refractivity contribution in [3.05, 3.63) is 0 Å². The van der Waals surface area contributed by atoms with E-state index in [0.717, 1.165) is 25.7 Å². The third kappa shape index (κ3) is 2.29. The number of hydrogen-bond acceptors (Lipinski definition) is 3. The maximum Gasteiger partial charge on any atom is 0.316 e. The summed E-state index contributed by atoms with van der Waals surface area (Å²) in [5.41, 5.74) is 0. The third-order valence-electron chi connectivity index (χ3n) is 2.76. The van der Waals surface area contributed by atoms with E-state index < -0.39 is 5.92 Å². The predicted molar refractivity (Wildman–Crippen MR) is 48.1 cm³/mol. The summed E-state index contributed by atoms with van der Waals surface area (Å²) in [6.07, 6.45) is 4.23. The van der Waals surface area contributed by atoms with Crippen LogP contribution in [-0.4, -0.2) is 18.9 Å². The monoisotopic (exact) mass is 184 g/mol. The largest absolute Gasteiger partial charge is 0.468 e. The molecule has 0 saturated heterocycles. The van der Waals surface area contributed by atoms with Crippen LogP contribution in [0.4, 0.5) is 0 Å². The second-order valence-corrected chi connectivity index (χ2v) is 3.66. The third-order valence-corrected chi connectivity index (χ3v) is 2.76. The van der Waals surface area contributed by atoms with E-state index in [-0.39, 0.29) is 17.7 Å². The van der Waals surface area contributed by atoms with Crippen molar-refractivity contribution in [3.63, 3.8) is 0 Å². The average Bonchev–Trinajstić information content (AvgIpc) is 2.56. The fraction of sp³-hybridized carbons (Fsp3) is 0.800. The van der Waals surface area contributed by atoms with E-state index >= 15 is 0 Å². The van der Waals surface area contributed by atoms with Crippen molar-refractivity contribution in [3.8, 4) is 0 Å². The Balaban J connectivity index is 2.66. The first-order valence-electron chi connectivity index (χ1n) is 4.75. The highest BCUT2D eigenvalue weighted by Crippen LogP contribution is 2.32. The van der Waals surface area contributed by atoms with Gasteiger partial charge in [-0.2, -0.15) is 0 Å². The molecule has 0 heterocycles. The van der Waals surface area contributed by atoms with Crippen molar-refractivity contribution in [1.82, 2.24) is 0 Å². The number of methoxy groups -OCH3 is 1. The summed E-state index contributed by atoms with van der Waals surface area (Å²) in [4.78, 5) is 22.5. The van der Waals surface area contributed by atoms with Gasteiger partial charge in [-0.1, -0.05) is 12.8 Å². The van der Waals surface area contributed by atoms with E-state index in [0.29, 0.717) is 0 Å². The maximum absolute atomic E-state index is 11.3. The lowest BCUT2D eigenvalue weighted by Gasteiger charge is -2.17. The summed E-state index contributed by atoms with van der Waals surface area (Å²) >= 11 is 0. The SMILES string of the molecule is COC(=O)C(C(C)=O)C1CCCC1. The molecule has 0 N–H and O–H groups in total. The molecule has 1 rings (SSSR count). The van der Waals surface area contributed by atoms with Crippen LogP contribution in [-0.2, 0) is 14.3 Å². The van der Waals surface area contributed by atoms with Crippen LogP contribution in [0, 0.1) is 11.8 Å². The molecule has 1 saturated carbocycles. The fourth-order valence-corrected chi connectivity index (χ4v) is 2.11. The zero-order chi connectivity index (χ0) is 9.84. The van der Waals surface area contributed by atoms with Gasteiger partial charge in [-0.05, 0) is 25.7 Å². The summed E-state index contributed by atoms with van der Waals surface area (Å²) in [7, 11) is 1.34. The molecule has 3 heteroatoms. The smallest absolute Gasteiger partial charge is 0.316 e. The van der Waals surface area contributed by atoms with Crippen molar-refractivity contribution in [1.29, 1.82) is 0 Å². The van der Waals surface area contributed by atoms with Crippen LogP contribution in [0.5, 0.6) is 0 Å². The van der Waals surface area contributed by atoms with Gasteiger partial charge in [0.2, 0.25) is 0 Å². The Bertz CT molecular complexity index is 204. The molecule has 0 aromatic heterocycles. The molecule has 1 atom stereocenters. The van der Waals surface area contributed by atoms with Gasteiger partial charge in [-0.25, -0.2) is 0 Å². The average molecular weight is 184 g/mol. The molecule has 13 heavy (non-hydrogen) atoms. The first-order chi connectivity index (χ1) is 6.16. The summed E-state index contributed by atoms with van der Waals surface area (Å²) in [5.74, 6) is -0.699. The van der Waals surface area contributed by atoms with E-state index in [9.17, 15) is 9.59 Å². The van der Waals surface area contributed by atoms with Gasteiger partial charge in [-0.3, -0.25) is 9.59 Å². The quantitative estimate of drug-likeness (QED) is 0.493. The number of carbonyl (C=O) groups is 2. The molecule has 3 nitrogen and oxygen atoms in total. The summed E-state index contributed by atoms with van der Waals surface area (Å²) < 4.78 is 4.63. The van der Waals surface area contributed by atoms with Crippen molar-refractivity contribution in [2.45, 2.75) is 32.6 Å². The molecule has 1 unspecified atom stereocenters. The van der Waals surface area contributed by atoms with Crippen LogP contribution in [0.3, 0.4) is 0 Å². The maximum atomic E-state index is 11.3. The van der Waals surface area contributed by atoms with E-state index in [1.54, 1.807) is 0 Å². The Morgan fingerprint density at radius 3 is 2.23 bits per heavy atom. The van der Waals surface area contributed by atoms with Gasteiger partial charge in [0.1, 0.15) is 11.7 Å². The molecule has 0 aromatic carbocycles. The molecule has 0 aliphatic heterocycles. The Morgan fingerprint density at radius 2 is 1.85 bits per heavy atom. The lowest BCUT2D eigenvalue weighted by Crippen LogP contribution is -2.29. The standard InChI is InChI=1S/C10H16O3/c1-7(11)9(10(12)13-2)8-5-3-4-6-8/h8-9H,3-6H2,1-2H3. The van der Waals surface area contributed by atoms with Crippen LogP contribution in [0.15, 0.2) is 0 Å². The molecule has 0 spiro atoms. The lowest BCUT2D eigenvalue weighted by molar-refractivity contribution is -0.151. The van der Waals surface area contributed by atoms with Crippen LogP contribution >= 0.6 is 0 Å². The van der Waals surface area contributed by atoms with E-state index in [2.05, 4.69) is 4.74 Å². The van der Waals surface area contributed by atoms with E-state index in [1.165, 1.54) is 14.0 Å². The normalized spacial score (nSPS) is 19.8. The number of carbonyl (C=O) groups excluding carboxylic acids is 2. The number of ether oxygens (including phenoxy) is 1. The number of Topliss-reactive ketones (excluding diaryl/α,β-unsaturated/α-hetero) is 1. The minimum atomic E-state index is -0.507. The second-order valence-electron chi connectivity index (χ2n) is 3.66. The van der Waals surface area contributed by atoms with Gasteiger partial charge < -0.3 is 4.74 Å². The van der Waals surface area contributed by atoms with Gasteiger partial charge in [-0.15, -0.1) is 0 Å². The molecule has 1 fully saturated rings. The summed E-state index contributed by atoms with van der Waals surface area (Å²) in [6.45, 7) is 1.47. The molecular formula is C10H16O3. The molecule has 0 radical (unpaired) electrons. The summed E-state index contributed by atoms with van der Waals surface area (Å²) in [6, 6.07) is 0. The summed E-state index contributed by atoms with van der Waals surface area (Å²) in [5, 5.41) is 0. The Labute approximate surface area is 78.5 Å². The molecule has 1 aliphatic carbocycles. The van der Waals surface area contributed by atoms with Crippen molar-refractivity contribution >= 4 is 11.8 Å². The first kappa shape index (κ1) is 10.2. The predicted octanol–water partition coefficient (Wildman–Crippen LogP) is 1.55. The van der Waals surface area contributed by atoms with Gasteiger partial charge in [0.25, 0.3) is 0 Å². The minimum absolute atomic E-state index is 0.0567. The van der Waals surface area contributed by atoms with Gasteiger partial charge in [0, 0.05) is 0 Å². The lowest BCUT2D eigenvalue weighted by atomic mass is 9.88. The number of ketones is 1. The van der Waals surface area contributed by atoms with Crippen molar-refractivity contribution in [2.75, 3.05) is 7.11 Å². The highest BCUT2D eigenvalue weighted by atomic mass is 16.5. The van der Waals surface area contributed by atoms with Crippen LogP contribution < -0.4 is 0 Å². The van der Waals surface area contributed by atoms with Crippen LogP contribution in [0.2, 0.25) is 0 Å². The van der Waals surface area contributed by atoms with Gasteiger partial charge >= 0.3 is 5.97 Å². The van der Waals surface area contributed by atoms with Crippen LogP contribution in [0.1, 0.15) is 32.6 Å². The highest BCUT2D eigenvalue weighted by molar-refractivity contribution is 5.98. The van der Waals surface area contributed by atoms with Crippen molar-refractivity contribution < 1.29 is 14.3 Å². The van der Waals surface area contributed by atoms with E-state index in [1.807, 2.05) is 0 Å². The zero-order valence-electron chi connectivity index (χ0n) is 8.21. The Hall–Kier alpha value is -0.860. The van der Waals surface area contributed by atoms with E-state index in [4.69, 9.17) is 0 Å². The Kier molecular flexibility index (Phi) is 3.46. The van der Waals surface area contributed by atoms with Gasteiger partial charge in [0.05, 0.1) is 7.11 Å². The number of rotatable bonds is 3. The fourth-order valence-electron chi connectivity index (χ4n) is 2.11. The number of hydrogen-bond donors (Lipinski definition) is 0. The molecule has 74 valence electrons. The molecule has 1 aliphatic rings. The molecule has 0 bridgehead atoms. The topological polar surface area (TPSA) is 43.4 Å². The van der Waals surface area contributed by atoms with Gasteiger partial charge in [0.15, 0.2) is 0 Å².